The van der Waals surface area contributed by atoms with Crippen LogP contribution in [0.1, 0.15) is 31.7 Å². The summed E-state index contributed by atoms with van der Waals surface area (Å²) in [5, 5.41) is 3.58. The minimum atomic E-state index is -0.498. The molecule has 0 unspecified atom stereocenters. The number of ether oxygens (including phenoxy) is 1. The Kier molecular flexibility index (Phi) is 6.59. The minimum absolute atomic E-state index is 0.196. The molecule has 0 saturated carbocycles. The van der Waals surface area contributed by atoms with Gasteiger partial charge in [-0.1, -0.05) is 30.4 Å². The van der Waals surface area contributed by atoms with Gasteiger partial charge in [0.1, 0.15) is 17.0 Å². The van der Waals surface area contributed by atoms with Crippen LogP contribution in [0, 0.1) is 0 Å². The number of benzene rings is 1. The van der Waals surface area contributed by atoms with E-state index in [1.54, 1.807) is 7.11 Å². The number of anilines is 1. The molecule has 2 aromatic heterocycles. The summed E-state index contributed by atoms with van der Waals surface area (Å²) < 4.78 is 8.10. The normalized spacial score (nSPS) is 13.6. The highest BCUT2D eigenvalue weighted by Crippen LogP contribution is 2.28. The van der Waals surface area contributed by atoms with Gasteiger partial charge < -0.3 is 15.0 Å². The van der Waals surface area contributed by atoms with Crippen molar-refractivity contribution in [3.05, 3.63) is 50.7 Å². The van der Waals surface area contributed by atoms with E-state index in [-0.39, 0.29) is 18.0 Å². The van der Waals surface area contributed by atoms with Gasteiger partial charge >= 0.3 is 5.69 Å². The first-order valence-corrected chi connectivity index (χ1v) is 11.6. The van der Waals surface area contributed by atoms with Crippen molar-refractivity contribution in [1.82, 2.24) is 19.4 Å². The van der Waals surface area contributed by atoms with E-state index < -0.39 is 5.69 Å². The van der Waals surface area contributed by atoms with E-state index >= 15 is 0 Å². The van der Waals surface area contributed by atoms with Crippen LogP contribution in [-0.2, 0) is 24.4 Å². The molecule has 1 aliphatic rings. The number of amides is 1. The molecule has 0 bridgehead atoms. The molecule has 0 radical (unpaired) electrons. The van der Waals surface area contributed by atoms with Crippen LogP contribution in [0.4, 0.5) is 5.13 Å². The van der Waals surface area contributed by atoms with E-state index in [1.165, 1.54) is 20.5 Å². The summed E-state index contributed by atoms with van der Waals surface area (Å²) >= 11 is 1.30. The fourth-order valence-corrected chi connectivity index (χ4v) is 4.89. The molecule has 1 saturated heterocycles. The highest BCUT2D eigenvalue weighted by atomic mass is 32.1. The molecular formula is C22H27N5O4S. The average molecular weight is 458 g/mol. The predicted octanol–water partition coefficient (Wildman–Crippen LogP) is 1.95. The van der Waals surface area contributed by atoms with Crippen LogP contribution in [0.2, 0.25) is 0 Å². The first-order chi connectivity index (χ1) is 15.5. The van der Waals surface area contributed by atoms with Crippen LogP contribution in [0.3, 0.4) is 0 Å². The molecule has 1 aromatic carbocycles. The van der Waals surface area contributed by atoms with Crippen molar-refractivity contribution in [3.63, 3.8) is 0 Å². The third-order valence-corrected chi connectivity index (χ3v) is 6.62. The van der Waals surface area contributed by atoms with Gasteiger partial charge in [0.05, 0.1) is 7.11 Å². The van der Waals surface area contributed by atoms with Crippen LogP contribution >= 0.6 is 11.3 Å². The number of methoxy groups -OCH3 is 1. The van der Waals surface area contributed by atoms with Gasteiger partial charge in [-0.2, -0.15) is 0 Å². The number of nitrogens with one attached hydrogen (secondary N) is 1. The van der Waals surface area contributed by atoms with Crippen LogP contribution in [-0.4, -0.2) is 40.2 Å². The Morgan fingerprint density at radius 2 is 1.88 bits per heavy atom. The summed E-state index contributed by atoms with van der Waals surface area (Å²) in [5.41, 5.74) is 0.378. The van der Waals surface area contributed by atoms with E-state index in [0.717, 1.165) is 42.4 Å². The van der Waals surface area contributed by atoms with Crippen molar-refractivity contribution in [3.8, 4) is 5.75 Å². The second-order valence-corrected chi connectivity index (χ2v) is 8.77. The number of thiazole rings is 1. The fraction of sp³-hybridized carbons (Fsp3) is 0.455. The molecular weight excluding hydrogens is 430 g/mol. The lowest BCUT2D eigenvalue weighted by Crippen LogP contribution is -2.42. The monoisotopic (exact) mass is 457 g/mol. The molecule has 4 rings (SSSR count). The second-order valence-electron chi connectivity index (χ2n) is 7.79. The Hall–Kier alpha value is -3.14. The number of hydrogen-bond donors (Lipinski definition) is 1. The van der Waals surface area contributed by atoms with Crippen LogP contribution in [0.5, 0.6) is 5.75 Å². The topological polar surface area (TPSA) is 98.5 Å². The fourth-order valence-electron chi connectivity index (χ4n) is 3.82. The SMILES string of the molecule is CCCn1c(=O)c2sc(N3CCCC3)nc2n(CC(=O)NCc2ccc(OC)cc2)c1=O. The third kappa shape index (κ3) is 4.40. The van der Waals surface area contributed by atoms with Crippen molar-refractivity contribution >= 4 is 32.7 Å². The molecule has 1 fully saturated rings. The minimum Gasteiger partial charge on any atom is -0.497 e. The standard InChI is InChI=1S/C22H27N5O4S/c1-3-10-26-20(29)18-19(24-21(32-18)25-11-4-5-12-25)27(22(26)30)14-17(28)23-13-15-6-8-16(31-2)9-7-15/h6-9H,3-5,10-14H2,1-2H3,(H,23,28). The lowest BCUT2D eigenvalue weighted by Gasteiger charge is -2.12. The Bertz CT molecular complexity index is 1220. The number of carbonyl (C=O) groups is 1. The number of fused-ring (bicyclic) bond motifs is 1. The lowest BCUT2D eigenvalue weighted by atomic mass is 10.2. The maximum absolute atomic E-state index is 13.1. The summed E-state index contributed by atoms with van der Waals surface area (Å²) in [4.78, 5) is 45.5. The number of carbonyl (C=O) groups excluding carboxylic acids is 1. The Morgan fingerprint density at radius 1 is 1.16 bits per heavy atom. The zero-order valence-electron chi connectivity index (χ0n) is 18.3. The Balaban J connectivity index is 1.62. The second kappa shape index (κ2) is 9.56. The summed E-state index contributed by atoms with van der Waals surface area (Å²) in [7, 11) is 1.60. The average Bonchev–Trinajstić information content (AvgIpc) is 3.49. The largest absolute Gasteiger partial charge is 0.497 e. The van der Waals surface area contributed by atoms with Gasteiger partial charge in [0.15, 0.2) is 10.8 Å². The van der Waals surface area contributed by atoms with Gasteiger partial charge in [-0.05, 0) is 37.0 Å². The molecule has 1 amide bonds. The van der Waals surface area contributed by atoms with E-state index in [1.807, 2.05) is 31.2 Å². The Labute approximate surface area is 189 Å². The first kappa shape index (κ1) is 22.1. The van der Waals surface area contributed by atoms with Gasteiger partial charge in [0.2, 0.25) is 5.91 Å². The Morgan fingerprint density at radius 3 is 2.53 bits per heavy atom. The van der Waals surface area contributed by atoms with E-state index in [0.29, 0.717) is 29.9 Å². The molecule has 0 atom stereocenters. The van der Waals surface area contributed by atoms with E-state index in [4.69, 9.17) is 4.74 Å². The van der Waals surface area contributed by atoms with E-state index in [9.17, 15) is 14.4 Å². The van der Waals surface area contributed by atoms with Crippen LogP contribution in [0.25, 0.3) is 10.3 Å². The van der Waals surface area contributed by atoms with Crippen LogP contribution in [0.15, 0.2) is 33.9 Å². The van der Waals surface area contributed by atoms with Gasteiger partial charge in [-0.3, -0.25) is 18.7 Å². The number of aromatic nitrogens is 3. The van der Waals surface area contributed by atoms with Gasteiger partial charge in [-0.15, -0.1) is 0 Å². The molecule has 1 N–H and O–H groups in total. The van der Waals surface area contributed by atoms with Crippen molar-refractivity contribution in [2.45, 2.75) is 45.8 Å². The molecule has 10 heteroatoms. The van der Waals surface area contributed by atoms with Gasteiger partial charge in [-0.25, -0.2) is 9.78 Å². The molecule has 0 spiro atoms. The summed E-state index contributed by atoms with van der Waals surface area (Å²) in [6.07, 6.45) is 2.80. The lowest BCUT2D eigenvalue weighted by molar-refractivity contribution is -0.121. The summed E-state index contributed by atoms with van der Waals surface area (Å²) in [5.74, 6) is 0.422. The zero-order valence-corrected chi connectivity index (χ0v) is 19.1. The number of hydrogen-bond acceptors (Lipinski definition) is 7. The maximum atomic E-state index is 13.1. The highest BCUT2D eigenvalue weighted by molar-refractivity contribution is 7.22. The molecule has 3 aromatic rings. The van der Waals surface area contributed by atoms with Crippen molar-refractivity contribution in [2.24, 2.45) is 0 Å². The molecule has 3 heterocycles. The van der Waals surface area contributed by atoms with Crippen molar-refractivity contribution < 1.29 is 9.53 Å². The maximum Gasteiger partial charge on any atom is 0.333 e. The molecule has 1 aliphatic heterocycles. The number of nitrogens with zero attached hydrogens (tertiary/aromatic N) is 4. The van der Waals surface area contributed by atoms with E-state index in [2.05, 4.69) is 15.2 Å². The summed E-state index contributed by atoms with van der Waals surface area (Å²) in [6, 6.07) is 7.39. The number of rotatable bonds is 8. The molecule has 9 nitrogen and oxygen atoms in total. The first-order valence-electron chi connectivity index (χ1n) is 10.8. The van der Waals surface area contributed by atoms with Crippen LogP contribution < -0.4 is 26.2 Å². The van der Waals surface area contributed by atoms with Gasteiger partial charge in [0, 0.05) is 26.2 Å². The molecule has 32 heavy (non-hydrogen) atoms. The highest BCUT2D eigenvalue weighted by Gasteiger charge is 2.22. The predicted molar refractivity (Wildman–Crippen MR) is 125 cm³/mol. The van der Waals surface area contributed by atoms with Crippen molar-refractivity contribution in [1.29, 1.82) is 0 Å². The molecule has 0 aliphatic carbocycles. The molecule has 170 valence electrons. The van der Waals surface area contributed by atoms with Crippen molar-refractivity contribution in [2.75, 3.05) is 25.1 Å². The summed E-state index contributed by atoms with van der Waals surface area (Å²) in [6.45, 7) is 4.11. The smallest absolute Gasteiger partial charge is 0.333 e. The van der Waals surface area contributed by atoms with Gasteiger partial charge in [0.25, 0.3) is 5.56 Å². The quantitative estimate of drug-likeness (QED) is 0.555. The zero-order chi connectivity index (χ0) is 22.7. The third-order valence-electron chi connectivity index (χ3n) is 5.53.